The summed E-state index contributed by atoms with van der Waals surface area (Å²) >= 11 is 0. The molecule has 1 aromatic heterocycles. The molecule has 19 heavy (non-hydrogen) atoms. The van der Waals surface area contributed by atoms with Gasteiger partial charge in [-0.1, -0.05) is 6.07 Å². The molecule has 1 aliphatic rings. The van der Waals surface area contributed by atoms with E-state index in [0.717, 1.165) is 0 Å². The summed E-state index contributed by atoms with van der Waals surface area (Å²) in [6.07, 6.45) is 0. The molecule has 0 spiro atoms. The SMILES string of the molecule is CC1(C)CN(c2cccc(C(=O)O)n2)CC(C)(C)O1. The molecule has 104 valence electrons. The summed E-state index contributed by atoms with van der Waals surface area (Å²) in [4.78, 5) is 17.3. The second-order valence-corrected chi connectivity index (χ2v) is 6.16. The lowest BCUT2D eigenvalue weighted by molar-refractivity contribution is -0.133. The number of anilines is 1. The van der Waals surface area contributed by atoms with Crippen LogP contribution in [0.4, 0.5) is 5.82 Å². The number of aromatic nitrogens is 1. The fourth-order valence-corrected chi connectivity index (χ4v) is 2.67. The van der Waals surface area contributed by atoms with Gasteiger partial charge >= 0.3 is 5.97 Å². The summed E-state index contributed by atoms with van der Waals surface area (Å²) in [5, 5.41) is 9.01. The molecule has 0 unspecified atom stereocenters. The molecule has 1 aromatic rings. The smallest absolute Gasteiger partial charge is 0.354 e. The maximum absolute atomic E-state index is 11.0. The summed E-state index contributed by atoms with van der Waals surface area (Å²) in [5.41, 5.74) is -0.509. The van der Waals surface area contributed by atoms with Crippen LogP contribution in [0, 0.1) is 0 Å². The molecule has 1 fully saturated rings. The largest absolute Gasteiger partial charge is 0.477 e. The number of pyridine rings is 1. The van der Waals surface area contributed by atoms with Crippen molar-refractivity contribution in [3.05, 3.63) is 23.9 Å². The van der Waals surface area contributed by atoms with Crippen molar-refractivity contribution in [2.75, 3.05) is 18.0 Å². The lowest BCUT2D eigenvalue weighted by Gasteiger charge is -2.47. The Bertz CT molecular complexity index is 481. The van der Waals surface area contributed by atoms with Crippen LogP contribution in [0.1, 0.15) is 38.2 Å². The Hall–Kier alpha value is -1.62. The van der Waals surface area contributed by atoms with Crippen molar-refractivity contribution >= 4 is 11.8 Å². The first kappa shape index (κ1) is 13.8. The van der Waals surface area contributed by atoms with Gasteiger partial charge in [-0.3, -0.25) is 0 Å². The quantitative estimate of drug-likeness (QED) is 0.887. The van der Waals surface area contributed by atoms with E-state index < -0.39 is 5.97 Å². The molecule has 0 bridgehead atoms. The van der Waals surface area contributed by atoms with Gasteiger partial charge in [0.25, 0.3) is 0 Å². The Balaban J connectivity index is 2.30. The lowest BCUT2D eigenvalue weighted by atomic mass is 9.99. The van der Waals surface area contributed by atoms with Crippen LogP contribution in [0.5, 0.6) is 0 Å². The molecule has 0 atom stereocenters. The normalized spacial score (nSPS) is 21.2. The van der Waals surface area contributed by atoms with Crippen molar-refractivity contribution in [3.63, 3.8) is 0 Å². The number of rotatable bonds is 2. The van der Waals surface area contributed by atoms with E-state index in [-0.39, 0.29) is 16.9 Å². The first-order chi connectivity index (χ1) is 8.69. The van der Waals surface area contributed by atoms with Gasteiger partial charge in [0.15, 0.2) is 5.69 Å². The van der Waals surface area contributed by atoms with Gasteiger partial charge in [-0.2, -0.15) is 0 Å². The molecular formula is C14H20N2O3. The average molecular weight is 264 g/mol. The number of hydrogen-bond acceptors (Lipinski definition) is 4. The summed E-state index contributed by atoms with van der Waals surface area (Å²) in [5.74, 6) is -0.321. The van der Waals surface area contributed by atoms with Crippen LogP contribution in [0.15, 0.2) is 18.2 Å². The van der Waals surface area contributed by atoms with Crippen molar-refractivity contribution in [2.45, 2.75) is 38.9 Å². The van der Waals surface area contributed by atoms with Crippen LogP contribution in [0.3, 0.4) is 0 Å². The lowest BCUT2D eigenvalue weighted by Crippen LogP contribution is -2.57. The molecule has 0 aromatic carbocycles. The zero-order valence-corrected chi connectivity index (χ0v) is 11.8. The Labute approximate surface area is 113 Å². The monoisotopic (exact) mass is 264 g/mol. The maximum Gasteiger partial charge on any atom is 0.354 e. The summed E-state index contributed by atoms with van der Waals surface area (Å²) < 4.78 is 6.00. The number of morpholine rings is 1. The standard InChI is InChI=1S/C14H20N2O3/c1-13(2)8-16(9-14(3,4)19-13)11-7-5-6-10(15-11)12(17)18/h5-7H,8-9H2,1-4H3,(H,17,18). The summed E-state index contributed by atoms with van der Waals surface area (Å²) in [6.45, 7) is 9.49. The Morgan fingerprint density at radius 2 is 1.84 bits per heavy atom. The van der Waals surface area contributed by atoms with Crippen molar-refractivity contribution in [3.8, 4) is 0 Å². The highest BCUT2D eigenvalue weighted by atomic mass is 16.5. The average Bonchev–Trinajstić information content (AvgIpc) is 2.25. The predicted octanol–water partition coefficient (Wildman–Crippen LogP) is 2.17. The van der Waals surface area contributed by atoms with E-state index in [0.29, 0.717) is 18.9 Å². The molecule has 1 N–H and O–H groups in total. The van der Waals surface area contributed by atoms with Gasteiger partial charge in [0.1, 0.15) is 5.82 Å². The molecule has 2 heterocycles. The van der Waals surface area contributed by atoms with Gasteiger partial charge in [0, 0.05) is 13.1 Å². The molecule has 5 heteroatoms. The van der Waals surface area contributed by atoms with Crippen LogP contribution >= 0.6 is 0 Å². The first-order valence-electron chi connectivity index (χ1n) is 6.34. The highest BCUT2D eigenvalue weighted by Crippen LogP contribution is 2.30. The second-order valence-electron chi connectivity index (χ2n) is 6.16. The topological polar surface area (TPSA) is 62.7 Å². The third-order valence-corrected chi connectivity index (χ3v) is 2.97. The Morgan fingerprint density at radius 1 is 1.26 bits per heavy atom. The molecule has 0 amide bonds. The van der Waals surface area contributed by atoms with Crippen LogP contribution in [-0.4, -0.2) is 40.4 Å². The van der Waals surface area contributed by atoms with Gasteiger partial charge in [-0.25, -0.2) is 9.78 Å². The third kappa shape index (κ3) is 3.23. The van der Waals surface area contributed by atoms with Gasteiger partial charge in [0.05, 0.1) is 11.2 Å². The number of carboxylic acids is 1. The number of carboxylic acid groups (broad SMARTS) is 1. The van der Waals surface area contributed by atoms with E-state index >= 15 is 0 Å². The van der Waals surface area contributed by atoms with Crippen LogP contribution in [-0.2, 0) is 4.74 Å². The van der Waals surface area contributed by atoms with E-state index in [1.54, 1.807) is 6.07 Å². The number of nitrogens with zero attached hydrogens (tertiary/aromatic N) is 2. The Morgan fingerprint density at radius 3 is 2.37 bits per heavy atom. The Kier molecular flexibility index (Phi) is 3.26. The highest BCUT2D eigenvalue weighted by Gasteiger charge is 2.38. The summed E-state index contributed by atoms with van der Waals surface area (Å²) in [6, 6.07) is 5.06. The molecule has 0 saturated carbocycles. The van der Waals surface area contributed by atoms with Crippen LogP contribution in [0.25, 0.3) is 0 Å². The fraction of sp³-hybridized carbons (Fsp3) is 0.571. The molecule has 1 aliphatic heterocycles. The second kappa shape index (κ2) is 4.49. The molecule has 0 aliphatic carbocycles. The highest BCUT2D eigenvalue weighted by molar-refractivity contribution is 5.85. The van der Waals surface area contributed by atoms with Crippen LogP contribution in [0.2, 0.25) is 0 Å². The maximum atomic E-state index is 11.0. The van der Waals surface area contributed by atoms with E-state index in [9.17, 15) is 4.79 Å². The third-order valence-electron chi connectivity index (χ3n) is 2.97. The minimum atomic E-state index is -1.01. The number of hydrogen-bond donors (Lipinski definition) is 1. The zero-order valence-electron chi connectivity index (χ0n) is 11.8. The number of aromatic carboxylic acids is 1. The van der Waals surface area contributed by atoms with E-state index in [4.69, 9.17) is 9.84 Å². The van der Waals surface area contributed by atoms with Gasteiger partial charge in [-0.15, -0.1) is 0 Å². The van der Waals surface area contributed by atoms with Crippen molar-refractivity contribution in [1.82, 2.24) is 4.98 Å². The molecule has 2 rings (SSSR count). The van der Waals surface area contributed by atoms with Gasteiger partial charge in [-0.05, 0) is 39.8 Å². The molecule has 0 radical (unpaired) electrons. The van der Waals surface area contributed by atoms with E-state index in [2.05, 4.69) is 9.88 Å². The van der Waals surface area contributed by atoms with E-state index in [1.807, 2.05) is 33.8 Å². The first-order valence-corrected chi connectivity index (χ1v) is 6.34. The predicted molar refractivity (Wildman–Crippen MR) is 72.7 cm³/mol. The zero-order chi connectivity index (χ0) is 14.3. The van der Waals surface area contributed by atoms with Crippen molar-refractivity contribution in [2.24, 2.45) is 0 Å². The van der Waals surface area contributed by atoms with Crippen LogP contribution < -0.4 is 4.90 Å². The van der Waals surface area contributed by atoms with Gasteiger partial charge < -0.3 is 14.7 Å². The number of ether oxygens (including phenoxy) is 1. The fourth-order valence-electron chi connectivity index (χ4n) is 2.67. The molecule has 5 nitrogen and oxygen atoms in total. The molecule has 1 saturated heterocycles. The number of carbonyl (C=O) groups is 1. The van der Waals surface area contributed by atoms with Crippen molar-refractivity contribution in [1.29, 1.82) is 0 Å². The van der Waals surface area contributed by atoms with E-state index in [1.165, 1.54) is 6.07 Å². The minimum Gasteiger partial charge on any atom is -0.477 e. The minimum absolute atomic E-state index is 0.0691. The van der Waals surface area contributed by atoms with Gasteiger partial charge in [0.2, 0.25) is 0 Å². The summed E-state index contributed by atoms with van der Waals surface area (Å²) in [7, 11) is 0. The molecular weight excluding hydrogens is 244 g/mol. The van der Waals surface area contributed by atoms with Crippen molar-refractivity contribution < 1.29 is 14.6 Å².